The van der Waals surface area contributed by atoms with E-state index in [2.05, 4.69) is 10.4 Å². The maximum atomic E-state index is 12.3. The van der Waals surface area contributed by atoms with Gasteiger partial charge in [-0.3, -0.25) is 14.3 Å². The summed E-state index contributed by atoms with van der Waals surface area (Å²) in [5, 5.41) is 7.56. The molecule has 0 saturated heterocycles. The average molecular weight is 355 g/mol. The molecule has 2 heterocycles. The van der Waals surface area contributed by atoms with Gasteiger partial charge in [0.15, 0.2) is 11.2 Å². The smallest absolute Gasteiger partial charge is 0.287 e. The molecule has 1 aromatic carbocycles. The van der Waals surface area contributed by atoms with Crippen molar-refractivity contribution < 1.29 is 13.9 Å². The lowest BCUT2D eigenvalue weighted by molar-refractivity contribution is 0.0925. The van der Waals surface area contributed by atoms with E-state index in [0.717, 1.165) is 17.8 Å². The number of rotatable bonds is 6. The van der Waals surface area contributed by atoms with Gasteiger partial charge >= 0.3 is 0 Å². The molecule has 0 saturated carbocycles. The fourth-order valence-electron chi connectivity index (χ4n) is 2.79. The molecule has 136 valence electrons. The molecule has 2 aromatic heterocycles. The number of amides is 1. The van der Waals surface area contributed by atoms with Crippen LogP contribution in [0.4, 0.5) is 0 Å². The van der Waals surface area contributed by atoms with Crippen molar-refractivity contribution in [1.29, 1.82) is 0 Å². The van der Waals surface area contributed by atoms with Crippen molar-refractivity contribution in [3.8, 4) is 5.75 Å². The molecule has 0 aliphatic rings. The summed E-state index contributed by atoms with van der Waals surface area (Å²) in [6.07, 6.45) is 0.722. The summed E-state index contributed by atoms with van der Waals surface area (Å²) >= 11 is 0. The first kappa shape index (κ1) is 17.7. The summed E-state index contributed by atoms with van der Waals surface area (Å²) in [4.78, 5) is 24.4. The number of methoxy groups -OCH3 is 1. The van der Waals surface area contributed by atoms with Crippen molar-refractivity contribution in [2.24, 2.45) is 0 Å². The van der Waals surface area contributed by atoms with Crippen LogP contribution in [0, 0.1) is 13.8 Å². The van der Waals surface area contributed by atoms with Gasteiger partial charge in [-0.15, -0.1) is 0 Å². The molecule has 7 heteroatoms. The number of carbonyl (C=O) groups excluding carboxylic acids is 1. The Hall–Kier alpha value is -3.09. The van der Waals surface area contributed by atoms with E-state index in [1.165, 1.54) is 13.2 Å². The Kier molecular flexibility index (Phi) is 5.06. The summed E-state index contributed by atoms with van der Waals surface area (Å²) in [6.45, 7) is 5.11. The van der Waals surface area contributed by atoms with Crippen molar-refractivity contribution >= 4 is 16.9 Å². The van der Waals surface area contributed by atoms with Crippen LogP contribution < -0.4 is 15.5 Å². The van der Waals surface area contributed by atoms with Crippen molar-refractivity contribution in [2.75, 3.05) is 13.7 Å². The van der Waals surface area contributed by atoms with Crippen LogP contribution in [0.15, 0.2) is 39.5 Å². The fourth-order valence-corrected chi connectivity index (χ4v) is 2.79. The Bertz CT molecular complexity index is 1000. The molecule has 0 atom stereocenters. The lowest BCUT2D eigenvalue weighted by atomic mass is 10.2. The highest BCUT2D eigenvalue weighted by atomic mass is 16.5. The van der Waals surface area contributed by atoms with Crippen LogP contribution in [0.3, 0.4) is 0 Å². The van der Waals surface area contributed by atoms with Crippen molar-refractivity contribution in [3.63, 3.8) is 0 Å². The van der Waals surface area contributed by atoms with Gasteiger partial charge in [-0.05, 0) is 38.5 Å². The average Bonchev–Trinajstić information content (AvgIpc) is 2.95. The first-order valence-corrected chi connectivity index (χ1v) is 8.39. The minimum atomic E-state index is -0.416. The third-order valence-corrected chi connectivity index (χ3v) is 4.10. The zero-order valence-corrected chi connectivity index (χ0v) is 15.0. The second-order valence-electron chi connectivity index (χ2n) is 6.10. The number of benzene rings is 1. The quantitative estimate of drug-likeness (QED) is 0.686. The number of fused-ring (bicyclic) bond motifs is 1. The Labute approximate surface area is 150 Å². The number of ether oxygens (including phenoxy) is 1. The second kappa shape index (κ2) is 7.43. The number of hydrogen-bond acceptors (Lipinski definition) is 5. The number of hydrogen-bond donors (Lipinski definition) is 1. The van der Waals surface area contributed by atoms with Crippen LogP contribution in [-0.4, -0.2) is 29.3 Å². The van der Waals surface area contributed by atoms with Gasteiger partial charge in [0.1, 0.15) is 11.3 Å². The van der Waals surface area contributed by atoms with Crippen LogP contribution in [0.5, 0.6) is 5.75 Å². The van der Waals surface area contributed by atoms with E-state index in [0.29, 0.717) is 29.8 Å². The monoisotopic (exact) mass is 355 g/mol. The van der Waals surface area contributed by atoms with Crippen molar-refractivity contribution in [1.82, 2.24) is 15.1 Å². The predicted molar refractivity (Wildman–Crippen MR) is 97.7 cm³/mol. The molecule has 3 aromatic rings. The van der Waals surface area contributed by atoms with Crippen molar-refractivity contribution in [3.05, 3.63) is 57.7 Å². The lowest BCUT2D eigenvalue weighted by Crippen LogP contribution is -2.26. The Balaban J connectivity index is 1.65. The molecule has 1 N–H and O–H groups in total. The SMILES string of the molecule is COc1ccc2c(=O)cc(C(=O)NCCCn3nc(C)cc3C)oc2c1. The molecular formula is C19H21N3O4. The molecule has 0 aliphatic carbocycles. The Morgan fingerprint density at radius 2 is 2.08 bits per heavy atom. The molecule has 0 spiro atoms. The third-order valence-electron chi connectivity index (χ3n) is 4.10. The first-order valence-electron chi connectivity index (χ1n) is 8.39. The lowest BCUT2D eigenvalue weighted by Gasteiger charge is -2.07. The van der Waals surface area contributed by atoms with Gasteiger partial charge in [0.2, 0.25) is 0 Å². The summed E-state index contributed by atoms with van der Waals surface area (Å²) < 4.78 is 12.6. The van der Waals surface area contributed by atoms with Gasteiger partial charge in [0.05, 0.1) is 18.2 Å². The van der Waals surface area contributed by atoms with Crippen molar-refractivity contribution in [2.45, 2.75) is 26.8 Å². The van der Waals surface area contributed by atoms with E-state index in [1.54, 1.807) is 18.2 Å². The van der Waals surface area contributed by atoms with E-state index in [4.69, 9.17) is 9.15 Å². The highest BCUT2D eigenvalue weighted by Gasteiger charge is 2.12. The molecule has 0 radical (unpaired) electrons. The van der Waals surface area contributed by atoms with E-state index in [9.17, 15) is 9.59 Å². The number of nitrogens with zero attached hydrogens (tertiary/aromatic N) is 2. The fraction of sp³-hybridized carbons (Fsp3) is 0.316. The molecule has 3 rings (SSSR count). The predicted octanol–water partition coefficient (Wildman–Crippen LogP) is 2.44. The van der Waals surface area contributed by atoms with Crippen LogP contribution in [-0.2, 0) is 6.54 Å². The largest absolute Gasteiger partial charge is 0.497 e. The van der Waals surface area contributed by atoms with Crippen LogP contribution in [0.1, 0.15) is 28.4 Å². The zero-order chi connectivity index (χ0) is 18.7. The van der Waals surface area contributed by atoms with Gasteiger partial charge in [-0.1, -0.05) is 0 Å². The molecule has 0 aliphatic heterocycles. The van der Waals surface area contributed by atoms with Gasteiger partial charge in [0, 0.05) is 30.9 Å². The van der Waals surface area contributed by atoms with Crippen LogP contribution >= 0.6 is 0 Å². The number of nitrogens with one attached hydrogen (secondary N) is 1. The number of carbonyl (C=O) groups is 1. The molecule has 26 heavy (non-hydrogen) atoms. The summed E-state index contributed by atoms with van der Waals surface area (Å²) in [6, 6.07) is 8.12. The van der Waals surface area contributed by atoms with Gasteiger partial charge in [-0.25, -0.2) is 0 Å². The molecular weight excluding hydrogens is 334 g/mol. The molecule has 7 nitrogen and oxygen atoms in total. The number of aryl methyl sites for hydroxylation is 3. The second-order valence-corrected chi connectivity index (χ2v) is 6.10. The summed E-state index contributed by atoms with van der Waals surface area (Å²) in [5.74, 6) is 0.130. The third kappa shape index (κ3) is 3.77. The van der Waals surface area contributed by atoms with E-state index >= 15 is 0 Å². The number of aromatic nitrogens is 2. The van der Waals surface area contributed by atoms with E-state index in [-0.39, 0.29) is 11.2 Å². The maximum Gasteiger partial charge on any atom is 0.287 e. The Morgan fingerprint density at radius 3 is 2.77 bits per heavy atom. The summed E-state index contributed by atoms with van der Waals surface area (Å²) in [7, 11) is 1.53. The maximum absolute atomic E-state index is 12.3. The minimum Gasteiger partial charge on any atom is -0.497 e. The van der Waals surface area contributed by atoms with Crippen LogP contribution in [0.2, 0.25) is 0 Å². The normalized spacial score (nSPS) is 10.9. The highest BCUT2D eigenvalue weighted by molar-refractivity contribution is 5.93. The molecule has 0 bridgehead atoms. The van der Waals surface area contributed by atoms with E-state index < -0.39 is 5.91 Å². The van der Waals surface area contributed by atoms with Gasteiger partial charge in [-0.2, -0.15) is 5.10 Å². The standard InChI is InChI=1S/C19H21N3O4/c1-12-9-13(2)22(21-12)8-4-7-20-19(24)18-11-16(23)15-6-5-14(25-3)10-17(15)26-18/h5-6,9-11H,4,7-8H2,1-3H3,(H,20,24). The summed E-state index contributed by atoms with van der Waals surface area (Å²) in [5.41, 5.74) is 2.12. The topological polar surface area (TPSA) is 86.4 Å². The first-order chi connectivity index (χ1) is 12.5. The molecule has 0 fully saturated rings. The molecule has 1 amide bonds. The zero-order valence-electron chi connectivity index (χ0n) is 15.0. The minimum absolute atomic E-state index is 0.0122. The van der Waals surface area contributed by atoms with E-state index in [1.807, 2.05) is 24.6 Å². The van der Waals surface area contributed by atoms with Gasteiger partial charge in [0.25, 0.3) is 5.91 Å². The Morgan fingerprint density at radius 1 is 1.27 bits per heavy atom. The van der Waals surface area contributed by atoms with Crippen LogP contribution in [0.25, 0.3) is 11.0 Å². The molecule has 0 unspecified atom stereocenters. The highest BCUT2D eigenvalue weighted by Crippen LogP contribution is 2.19. The van der Waals surface area contributed by atoms with Gasteiger partial charge < -0.3 is 14.5 Å².